The van der Waals surface area contributed by atoms with Gasteiger partial charge in [-0.15, -0.1) is 0 Å². The highest BCUT2D eigenvalue weighted by atomic mass is 16.3. The van der Waals surface area contributed by atoms with Crippen molar-refractivity contribution >= 4 is 16.9 Å². The van der Waals surface area contributed by atoms with Crippen LogP contribution in [-0.4, -0.2) is 52.5 Å². The molecule has 1 aliphatic heterocycles. The summed E-state index contributed by atoms with van der Waals surface area (Å²) < 4.78 is 7.36. The van der Waals surface area contributed by atoms with Crippen molar-refractivity contribution in [3.05, 3.63) is 33.9 Å². The Kier molecular flexibility index (Phi) is 5.08. The number of hydrogen-bond donors (Lipinski definition) is 0. The number of aromatic nitrogens is 1. The average molecular weight is 371 g/mol. The van der Waals surface area contributed by atoms with Crippen molar-refractivity contribution in [3.63, 3.8) is 0 Å². The third-order valence-corrected chi connectivity index (χ3v) is 6.24. The van der Waals surface area contributed by atoms with Gasteiger partial charge in [-0.25, -0.2) is 0 Å². The topological polar surface area (TPSA) is 58.7 Å². The molecule has 0 aromatic carbocycles. The molecule has 146 valence electrons. The number of furan rings is 1. The van der Waals surface area contributed by atoms with Gasteiger partial charge in [-0.2, -0.15) is 0 Å². The third kappa shape index (κ3) is 3.31. The molecule has 2 fully saturated rings. The van der Waals surface area contributed by atoms with E-state index in [1.165, 1.54) is 32.1 Å². The van der Waals surface area contributed by atoms with Gasteiger partial charge < -0.3 is 13.9 Å². The van der Waals surface area contributed by atoms with Gasteiger partial charge in [0.2, 0.25) is 0 Å². The molecule has 0 N–H and O–H groups in total. The van der Waals surface area contributed by atoms with E-state index < -0.39 is 0 Å². The van der Waals surface area contributed by atoms with Gasteiger partial charge in [-0.1, -0.05) is 19.3 Å². The van der Waals surface area contributed by atoms with Crippen LogP contribution in [-0.2, 0) is 6.54 Å². The quantitative estimate of drug-likeness (QED) is 0.832. The molecule has 2 aromatic heterocycles. The van der Waals surface area contributed by atoms with E-state index in [4.69, 9.17) is 4.42 Å². The molecule has 6 heteroatoms. The number of amides is 1. The number of carbonyl (C=O) groups excluding carboxylic acids is 1. The van der Waals surface area contributed by atoms with Crippen molar-refractivity contribution in [2.24, 2.45) is 0 Å². The van der Waals surface area contributed by atoms with Gasteiger partial charge in [0.1, 0.15) is 11.3 Å². The lowest BCUT2D eigenvalue weighted by atomic mass is 9.94. The van der Waals surface area contributed by atoms with Crippen LogP contribution < -0.4 is 5.56 Å². The molecule has 1 aliphatic carbocycles. The van der Waals surface area contributed by atoms with Crippen LogP contribution in [0.15, 0.2) is 21.5 Å². The summed E-state index contributed by atoms with van der Waals surface area (Å²) in [4.78, 5) is 30.4. The summed E-state index contributed by atoms with van der Waals surface area (Å²) in [6.45, 7) is 7.56. The van der Waals surface area contributed by atoms with Gasteiger partial charge in [0.05, 0.1) is 10.9 Å². The molecule has 27 heavy (non-hydrogen) atoms. The number of pyridine rings is 1. The second-order valence-corrected chi connectivity index (χ2v) is 7.80. The molecule has 0 atom stereocenters. The van der Waals surface area contributed by atoms with E-state index in [2.05, 4.69) is 4.90 Å². The van der Waals surface area contributed by atoms with Gasteiger partial charge in [0, 0.05) is 45.0 Å². The predicted molar refractivity (Wildman–Crippen MR) is 105 cm³/mol. The Morgan fingerprint density at radius 1 is 1.15 bits per heavy atom. The van der Waals surface area contributed by atoms with Crippen molar-refractivity contribution in [2.75, 3.05) is 26.2 Å². The van der Waals surface area contributed by atoms with Gasteiger partial charge in [-0.3, -0.25) is 14.5 Å². The van der Waals surface area contributed by atoms with Crippen LogP contribution in [0.5, 0.6) is 0 Å². The summed E-state index contributed by atoms with van der Waals surface area (Å²) >= 11 is 0. The first-order chi connectivity index (χ1) is 13.1. The Labute approximate surface area is 159 Å². The van der Waals surface area contributed by atoms with Crippen LogP contribution in [0.2, 0.25) is 0 Å². The predicted octanol–water partition coefficient (Wildman–Crippen LogP) is 3.01. The van der Waals surface area contributed by atoms with Crippen molar-refractivity contribution in [1.82, 2.24) is 14.4 Å². The van der Waals surface area contributed by atoms with Crippen LogP contribution in [0.25, 0.3) is 11.0 Å². The Morgan fingerprint density at radius 3 is 2.52 bits per heavy atom. The van der Waals surface area contributed by atoms with Crippen molar-refractivity contribution in [3.8, 4) is 0 Å². The molecular formula is C21H29N3O3. The molecule has 0 bridgehead atoms. The van der Waals surface area contributed by atoms with Crippen LogP contribution >= 0.6 is 0 Å². The van der Waals surface area contributed by atoms with Crippen LogP contribution in [0.1, 0.15) is 55.1 Å². The minimum Gasteiger partial charge on any atom is -0.460 e. The summed E-state index contributed by atoms with van der Waals surface area (Å²) in [5.74, 6) is 0.469. The monoisotopic (exact) mass is 371 g/mol. The zero-order valence-electron chi connectivity index (χ0n) is 16.4. The molecule has 1 saturated heterocycles. The molecular weight excluding hydrogens is 342 g/mol. The smallest absolute Gasteiger partial charge is 0.262 e. The highest BCUT2D eigenvalue weighted by molar-refractivity contribution is 6.06. The number of carbonyl (C=O) groups is 1. The first-order valence-corrected chi connectivity index (χ1v) is 10.3. The average Bonchev–Trinajstić information content (AvgIpc) is 3.05. The van der Waals surface area contributed by atoms with E-state index in [0.29, 0.717) is 34.9 Å². The normalized spacial score (nSPS) is 19.7. The Morgan fingerprint density at radius 2 is 1.85 bits per heavy atom. The fraction of sp³-hybridized carbons (Fsp3) is 0.619. The molecule has 2 aliphatic rings. The molecule has 1 saturated carbocycles. The standard InChI is InChI=1S/C21H29N3O3/c1-3-22-10-9-17-19(21(22)26)18(15(2)27-17)20(25)24-13-11-23(12-14-24)16-7-5-4-6-8-16/h9-10,16H,3-8,11-14H2,1-2H3. The van der Waals surface area contributed by atoms with Crippen molar-refractivity contribution < 1.29 is 9.21 Å². The summed E-state index contributed by atoms with van der Waals surface area (Å²) in [6, 6.07) is 2.47. The summed E-state index contributed by atoms with van der Waals surface area (Å²) in [5.41, 5.74) is 0.811. The zero-order valence-corrected chi connectivity index (χ0v) is 16.4. The lowest BCUT2D eigenvalue weighted by Gasteiger charge is -2.40. The maximum absolute atomic E-state index is 13.2. The first-order valence-electron chi connectivity index (χ1n) is 10.3. The highest BCUT2D eigenvalue weighted by Crippen LogP contribution is 2.26. The van der Waals surface area contributed by atoms with Crippen molar-refractivity contribution in [2.45, 2.75) is 58.5 Å². The number of nitrogens with zero attached hydrogens (tertiary/aromatic N) is 3. The molecule has 3 heterocycles. The Balaban J connectivity index is 1.55. The summed E-state index contributed by atoms with van der Waals surface area (Å²) in [5, 5.41) is 0.427. The first kappa shape index (κ1) is 18.3. The van der Waals surface area contributed by atoms with E-state index in [1.54, 1.807) is 23.8 Å². The SMILES string of the molecule is CCn1ccc2oc(C)c(C(=O)N3CCN(C4CCCCC4)CC3)c2c1=O. The lowest BCUT2D eigenvalue weighted by molar-refractivity contribution is 0.0523. The molecule has 4 rings (SSSR count). The fourth-order valence-corrected chi connectivity index (χ4v) is 4.67. The molecule has 2 aromatic rings. The second-order valence-electron chi connectivity index (χ2n) is 7.80. The van der Waals surface area contributed by atoms with E-state index in [9.17, 15) is 9.59 Å². The molecule has 0 spiro atoms. The van der Waals surface area contributed by atoms with E-state index >= 15 is 0 Å². The number of aryl methyl sites for hydroxylation is 2. The second kappa shape index (κ2) is 7.50. The maximum atomic E-state index is 13.2. The fourth-order valence-electron chi connectivity index (χ4n) is 4.67. The van der Waals surface area contributed by atoms with Gasteiger partial charge in [0.15, 0.2) is 0 Å². The number of hydrogen-bond acceptors (Lipinski definition) is 4. The largest absolute Gasteiger partial charge is 0.460 e. The number of rotatable bonds is 3. The number of piperazine rings is 1. The summed E-state index contributed by atoms with van der Waals surface area (Å²) in [6.07, 6.45) is 8.31. The van der Waals surface area contributed by atoms with Crippen LogP contribution in [0.4, 0.5) is 0 Å². The minimum absolute atomic E-state index is 0.0690. The maximum Gasteiger partial charge on any atom is 0.262 e. The third-order valence-electron chi connectivity index (χ3n) is 6.24. The highest BCUT2D eigenvalue weighted by Gasteiger charge is 2.30. The van der Waals surface area contributed by atoms with E-state index in [0.717, 1.165) is 26.2 Å². The lowest BCUT2D eigenvalue weighted by Crippen LogP contribution is -2.52. The summed E-state index contributed by atoms with van der Waals surface area (Å²) in [7, 11) is 0. The van der Waals surface area contributed by atoms with Crippen LogP contribution in [0, 0.1) is 6.92 Å². The zero-order chi connectivity index (χ0) is 19.0. The molecule has 0 radical (unpaired) electrons. The van der Waals surface area contributed by atoms with E-state index in [1.807, 2.05) is 11.8 Å². The Bertz CT molecular complexity index is 884. The molecule has 6 nitrogen and oxygen atoms in total. The molecule has 0 unspecified atom stereocenters. The van der Waals surface area contributed by atoms with Gasteiger partial charge in [0.25, 0.3) is 11.5 Å². The molecule has 1 amide bonds. The van der Waals surface area contributed by atoms with E-state index in [-0.39, 0.29) is 11.5 Å². The van der Waals surface area contributed by atoms with Gasteiger partial charge >= 0.3 is 0 Å². The van der Waals surface area contributed by atoms with Gasteiger partial charge in [-0.05, 0) is 32.8 Å². The van der Waals surface area contributed by atoms with Crippen molar-refractivity contribution in [1.29, 1.82) is 0 Å². The minimum atomic E-state index is -0.143. The van der Waals surface area contributed by atoms with Crippen LogP contribution in [0.3, 0.4) is 0 Å². The Hall–Kier alpha value is -2.08. The number of fused-ring (bicyclic) bond motifs is 1.